The molecular weight excluding hydrogens is 534 g/mol. The molecule has 4 rings (SSSR count). The maximum absolute atomic E-state index is 13.6. The van der Waals surface area contributed by atoms with Gasteiger partial charge in [-0.3, -0.25) is 9.59 Å². The molecule has 41 heavy (non-hydrogen) atoms. The van der Waals surface area contributed by atoms with Crippen molar-refractivity contribution in [2.24, 2.45) is 45.3 Å². The Hall–Kier alpha value is -0.890. The lowest BCUT2D eigenvalue weighted by Crippen LogP contribution is -2.63. The van der Waals surface area contributed by atoms with Crippen LogP contribution in [0.4, 0.5) is 0 Å². The largest absolute Gasteiger partial charge is 0.461 e. The standard InChI is InChI=1S/C34H57NO5S/c1-9-32(7)18-26(33(8)21(2)12-15-34(22(3)30(32)39)16-13-25(37)29(33)34)40-27(38)19-41-28-23(10-11-24(28)36)14-17-35-20-31(4,5)6/h9,21-24,26,28-30,35-36,39H,1,10-20H2,2-8H3/t21?,22-,23-,24-,26+,28-,29-,30?,32+,33-,34?/m0/s1. The predicted octanol–water partition coefficient (Wildman–Crippen LogP) is 5.79. The van der Waals surface area contributed by atoms with Crippen molar-refractivity contribution in [1.29, 1.82) is 0 Å². The Morgan fingerprint density at radius 3 is 2.54 bits per heavy atom. The number of Topliss-reactive ketones (excluding diaryl/α,β-unsaturated/α-hetero) is 1. The first-order valence-electron chi connectivity index (χ1n) is 16.1. The first-order chi connectivity index (χ1) is 19.1. The van der Waals surface area contributed by atoms with Crippen LogP contribution in [0.15, 0.2) is 12.7 Å². The van der Waals surface area contributed by atoms with Crippen molar-refractivity contribution >= 4 is 23.5 Å². The highest BCUT2D eigenvalue weighted by molar-refractivity contribution is 8.00. The Morgan fingerprint density at radius 2 is 1.88 bits per heavy atom. The Balaban J connectivity index is 1.50. The molecule has 3 unspecified atom stereocenters. The molecule has 0 heterocycles. The second-order valence-corrected chi connectivity index (χ2v) is 16.9. The van der Waals surface area contributed by atoms with E-state index in [-0.39, 0.29) is 51.3 Å². The molecule has 0 aromatic rings. The van der Waals surface area contributed by atoms with E-state index in [2.05, 4.69) is 53.4 Å². The lowest BCUT2D eigenvalue weighted by molar-refractivity contribution is -0.205. The van der Waals surface area contributed by atoms with Crippen LogP contribution < -0.4 is 5.32 Å². The van der Waals surface area contributed by atoms with E-state index in [1.54, 1.807) is 0 Å². The molecule has 0 radical (unpaired) electrons. The number of rotatable bonds is 9. The highest BCUT2D eigenvalue weighted by Gasteiger charge is 2.68. The van der Waals surface area contributed by atoms with Gasteiger partial charge in [-0.2, -0.15) is 0 Å². The minimum atomic E-state index is -0.664. The monoisotopic (exact) mass is 591 g/mol. The number of hydrogen-bond donors (Lipinski definition) is 3. The molecule has 7 heteroatoms. The van der Waals surface area contributed by atoms with Gasteiger partial charge in [0.05, 0.1) is 18.0 Å². The van der Waals surface area contributed by atoms with Crippen LogP contribution in [0.3, 0.4) is 0 Å². The normalized spacial score (nSPS) is 44.7. The van der Waals surface area contributed by atoms with Gasteiger partial charge in [0, 0.05) is 28.4 Å². The Labute approximate surface area is 253 Å². The van der Waals surface area contributed by atoms with Crippen molar-refractivity contribution in [2.45, 2.75) is 123 Å². The Kier molecular flexibility index (Phi) is 9.86. The number of esters is 1. The fourth-order valence-electron chi connectivity index (χ4n) is 9.19. The number of ether oxygens (including phenoxy) is 1. The van der Waals surface area contributed by atoms with E-state index in [0.717, 1.165) is 51.6 Å². The number of aliphatic hydroxyl groups is 2. The molecule has 0 amide bonds. The summed E-state index contributed by atoms with van der Waals surface area (Å²) in [5, 5.41) is 26.0. The summed E-state index contributed by atoms with van der Waals surface area (Å²) in [6, 6.07) is 0. The summed E-state index contributed by atoms with van der Waals surface area (Å²) in [7, 11) is 0. The molecule has 3 N–H and O–H groups in total. The van der Waals surface area contributed by atoms with E-state index in [4.69, 9.17) is 4.74 Å². The molecular formula is C34H57NO5S. The van der Waals surface area contributed by atoms with Crippen molar-refractivity contribution < 1.29 is 24.5 Å². The Bertz CT molecular complexity index is 981. The van der Waals surface area contributed by atoms with Crippen LogP contribution in [0.2, 0.25) is 0 Å². The molecule has 2 bridgehead atoms. The summed E-state index contributed by atoms with van der Waals surface area (Å²) >= 11 is 1.53. The molecule has 6 nitrogen and oxygen atoms in total. The van der Waals surface area contributed by atoms with Crippen LogP contribution in [0.25, 0.3) is 0 Å². The summed E-state index contributed by atoms with van der Waals surface area (Å²) in [4.78, 5) is 27.2. The second-order valence-electron chi connectivity index (χ2n) is 15.8. The zero-order valence-electron chi connectivity index (χ0n) is 26.7. The summed E-state index contributed by atoms with van der Waals surface area (Å²) in [5.41, 5.74) is -1.18. The first kappa shape index (κ1) is 33.0. The Morgan fingerprint density at radius 1 is 1.17 bits per heavy atom. The zero-order valence-corrected chi connectivity index (χ0v) is 27.5. The van der Waals surface area contributed by atoms with Gasteiger partial charge in [0.15, 0.2) is 0 Å². The predicted molar refractivity (Wildman–Crippen MR) is 167 cm³/mol. The van der Waals surface area contributed by atoms with Crippen molar-refractivity contribution in [2.75, 3.05) is 18.8 Å². The second kappa shape index (κ2) is 12.2. The minimum Gasteiger partial charge on any atom is -0.461 e. The summed E-state index contributed by atoms with van der Waals surface area (Å²) in [6.07, 6.45) is 6.68. The lowest BCUT2D eigenvalue weighted by Gasteiger charge is -2.61. The average Bonchev–Trinajstić information content (AvgIpc) is 3.45. The van der Waals surface area contributed by atoms with Crippen LogP contribution in [0, 0.1) is 45.3 Å². The van der Waals surface area contributed by atoms with Gasteiger partial charge >= 0.3 is 5.97 Å². The van der Waals surface area contributed by atoms with Gasteiger partial charge in [-0.15, -0.1) is 18.3 Å². The molecule has 0 saturated heterocycles. The SMILES string of the molecule is C=C[C@]1(C)C[C@@H](OC(=O)CS[C@H]2[C@H](CCNCC(C)(C)C)CC[C@@H]2O)[C@]2(C)C(C)CCC3(CCC(=O)[C@H]32)[C@@H](C)C1O. The molecule has 0 aromatic heterocycles. The maximum Gasteiger partial charge on any atom is 0.316 e. The third-order valence-electron chi connectivity index (χ3n) is 12.0. The van der Waals surface area contributed by atoms with Crippen LogP contribution in [0.5, 0.6) is 0 Å². The van der Waals surface area contributed by atoms with Gasteiger partial charge in [-0.05, 0) is 86.6 Å². The number of ketones is 1. The fourth-order valence-corrected chi connectivity index (χ4v) is 10.5. The molecule has 4 saturated carbocycles. The van der Waals surface area contributed by atoms with Crippen molar-refractivity contribution in [3.05, 3.63) is 12.7 Å². The smallest absolute Gasteiger partial charge is 0.316 e. The topological polar surface area (TPSA) is 95.9 Å². The van der Waals surface area contributed by atoms with Crippen LogP contribution in [-0.4, -0.2) is 64.4 Å². The van der Waals surface area contributed by atoms with E-state index in [1.807, 2.05) is 13.0 Å². The third kappa shape index (κ3) is 6.21. The number of carbonyl (C=O) groups is 2. The van der Waals surface area contributed by atoms with Crippen molar-refractivity contribution in [3.63, 3.8) is 0 Å². The van der Waals surface area contributed by atoms with Gasteiger partial charge in [-0.1, -0.05) is 54.5 Å². The molecule has 0 aliphatic heterocycles. The minimum absolute atomic E-state index is 0.0192. The summed E-state index contributed by atoms with van der Waals surface area (Å²) in [5.74, 6) is 0.490. The maximum atomic E-state index is 13.6. The molecule has 0 spiro atoms. The van der Waals surface area contributed by atoms with Crippen LogP contribution in [-0.2, 0) is 14.3 Å². The summed E-state index contributed by atoms with van der Waals surface area (Å²) in [6.45, 7) is 21.2. The number of carbonyl (C=O) groups excluding carboxylic acids is 2. The first-order valence-corrected chi connectivity index (χ1v) is 17.2. The van der Waals surface area contributed by atoms with Crippen LogP contribution in [0.1, 0.15) is 99.8 Å². The van der Waals surface area contributed by atoms with E-state index >= 15 is 0 Å². The number of aliphatic hydroxyl groups excluding tert-OH is 2. The zero-order chi connectivity index (χ0) is 30.4. The molecule has 11 atom stereocenters. The molecule has 4 aliphatic rings. The quantitative estimate of drug-likeness (QED) is 0.177. The fraction of sp³-hybridized carbons (Fsp3) is 0.882. The van der Waals surface area contributed by atoms with E-state index in [0.29, 0.717) is 18.8 Å². The van der Waals surface area contributed by atoms with Gasteiger partial charge in [0.2, 0.25) is 0 Å². The summed E-state index contributed by atoms with van der Waals surface area (Å²) < 4.78 is 6.42. The van der Waals surface area contributed by atoms with Gasteiger partial charge in [0.25, 0.3) is 0 Å². The van der Waals surface area contributed by atoms with Crippen LogP contribution >= 0.6 is 11.8 Å². The number of nitrogens with one attached hydrogen (secondary N) is 1. The van der Waals surface area contributed by atoms with Gasteiger partial charge in [-0.25, -0.2) is 0 Å². The average molecular weight is 592 g/mol. The molecule has 4 fully saturated rings. The van der Waals surface area contributed by atoms with E-state index in [9.17, 15) is 19.8 Å². The highest BCUT2D eigenvalue weighted by atomic mass is 32.2. The van der Waals surface area contributed by atoms with E-state index in [1.165, 1.54) is 11.8 Å². The van der Waals surface area contributed by atoms with Gasteiger partial charge < -0.3 is 20.3 Å². The van der Waals surface area contributed by atoms with E-state index < -0.39 is 29.1 Å². The number of thioether (sulfide) groups is 1. The highest BCUT2D eigenvalue weighted by Crippen LogP contribution is 2.68. The molecule has 4 aliphatic carbocycles. The van der Waals surface area contributed by atoms with Crippen molar-refractivity contribution in [3.8, 4) is 0 Å². The molecule has 0 aromatic carbocycles. The van der Waals surface area contributed by atoms with Gasteiger partial charge in [0.1, 0.15) is 11.9 Å². The lowest BCUT2D eigenvalue weighted by atomic mass is 9.44. The molecule has 234 valence electrons. The third-order valence-corrected chi connectivity index (χ3v) is 13.5. The number of hydrogen-bond acceptors (Lipinski definition) is 7. The van der Waals surface area contributed by atoms with Crippen molar-refractivity contribution in [1.82, 2.24) is 5.32 Å².